The van der Waals surface area contributed by atoms with E-state index in [9.17, 15) is 0 Å². The number of aryl methyl sites for hydroxylation is 2. The Balaban J connectivity index is 1.45. The lowest BCUT2D eigenvalue weighted by Gasteiger charge is -2.11. The monoisotopic (exact) mass is 293 g/mol. The molecule has 0 saturated heterocycles. The molecule has 2 aromatic heterocycles. The highest BCUT2D eigenvalue weighted by molar-refractivity contribution is 5.88. The first-order valence-corrected chi connectivity index (χ1v) is 7.89. The van der Waals surface area contributed by atoms with Crippen LogP contribution in [0.2, 0.25) is 0 Å². The maximum Gasteiger partial charge on any atom is 0.137 e. The first-order valence-electron chi connectivity index (χ1n) is 7.89. The lowest BCUT2D eigenvalue weighted by molar-refractivity contribution is 0.522. The zero-order chi connectivity index (χ0) is 14.8. The summed E-state index contributed by atoms with van der Waals surface area (Å²) in [4.78, 5) is 13.4. The van der Waals surface area contributed by atoms with Gasteiger partial charge in [0.15, 0.2) is 0 Å². The van der Waals surface area contributed by atoms with Crippen molar-refractivity contribution in [2.45, 2.75) is 32.2 Å². The normalized spacial score (nSPS) is 14.0. The van der Waals surface area contributed by atoms with E-state index in [0.717, 1.165) is 42.7 Å². The summed E-state index contributed by atoms with van der Waals surface area (Å²) in [5.74, 6) is 2.14. The summed E-state index contributed by atoms with van der Waals surface area (Å²) in [5, 5.41) is 4.48. The van der Waals surface area contributed by atoms with Crippen LogP contribution in [0.3, 0.4) is 0 Å². The Labute approximate surface area is 129 Å². The highest BCUT2D eigenvalue weighted by Gasteiger charge is 2.12. The molecule has 3 aromatic rings. The van der Waals surface area contributed by atoms with E-state index >= 15 is 0 Å². The second-order valence-electron chi connectivity index (χ2n) is 5.72. The Morgan fingerprint density at radius 3 is 3.05 bits per heavy atom. The molecule has 1 aliphatic rings. The van der Waals surface area contributed by atoms with Crippen molar-refractivity contribution in [3.05, 3.63) is 48.3 Å². The maximum absolute atomic E-state index is 4.73. The molecule has 5 heteroatoms. The minimum absolute atomic E-state index is 0.831. The van der Waals surface area contributed by atoms with Crippen LogP contribution in [-0.4, -0.2) is 26.1 Å². The number of para-hydroxylation sites is 1. The quantitative estimate of drug-likeness (QED) is 0.803. The van der Waals surface area contributed by atoms with Crippen molar-refractivity contribution in [3.63, 3.8) is 0 Å². The molecule has 1 aliphatic heterocycles. The third kappa shape index (κ3) is 2.54. The van der Waals surface area contributed by atoms with Crippen molar-refractivity contribution in [1.29, 1.82) is 0 Å². The topological polar surface area (TPSA) is 55.6 Å². The molecule has 5 nitrogen and oxygen atoms in total. The van der Waals surface area contributed by atoms with E-state index in [4.69, 9.17) is 4.98 Å². The molecule has 0 saturated carbocycles. The third-order valence-electron chi connectivity index (χ3n) is 4.17. The Kier molecular flexibility index (Phi) is 3.46. The largest absolute Gasteiger partial charge is 0.369 e. The predicted octanol–water partition coefficient (Wildman–Crippen LogP) is 2.82. The van der Waals surface area contributed by atoms with Crippen LogP contribution in [-0.2, 0) is 19.4 Å². The lowest BCUT2D eigenvalue weighted by Crippen LogP contribution is -2.08. The summed E-state index contributed by atoms with van der Waals surface area (Å²) in [6.07, 6.45) is 8.38. The van der Waals surface area contributed by atoms with Crippen LogP contribution < -0.4 is 5.32 Å². The molecule has 0 spiro atoms. The van der Waals surface area contributed by atoms with Gasteiger partial charge in [-0.3, -0.25) is 0 Å². The SMILES string of the molecule is c1ccc2c(NCCc3cn4c(n3)CCCC4)ncnc2c1. The van der Waals surface area contributed by atoms with Crippen LogP contribution >= 0.6 is 0 Å². The molecule has 22 heavy (non-hydrogen) atoms. The minimum Gasteiger partial charge on any atom is -0.369 e. The number of aromatic nitrogens is 4. The summed E-state index contributed by atoms with van der Waals surface area (Å²) in [6.45, 7) is 1.95. The van der Waals surface area contributed by atoms with Crippen molar-refractivity contribution < 1.29 is 0 Å². The average Bonchev–Trinajstić information content (AvgIpc) is 2.98. The van der Waals surface area contributed by atoms with Crippen LogP contribution in [0.4, 0.5) is 5.82 Å². The third-order valence-corrected chi connectivity index (χ3v) is 4.17. The van der Waals surface area contributed by atoms with Gasteiger partial charge in [0, 0.05) is 37.5 Å². The lowest BCUT2D eigenvalue weighted by atomic mass is 10.2. The van der Waals surface area contributed by atoms with Crippen molar-refractivity contribution in [2.75, 3.05) is 11.9 Å². The van der Waals surface area contributed by atoms with Crippen LogP contribution in [0.1, 0.15) is 24.4 Å². The minimum atomic E-state index is 0.831. The molecule has 3 heterocycles. The molecule has 4 rings (SSSR count). The molecule has 1 aromatic carbocycles. The van der Waals surface area contributed by atoms with Crippen LogP contribution in [0.15, 0.2) is 36.8 Å². The predicted molar refractivity (Wildman–Crippen MR) is 86.9 cm³/mol. The average molecular weight is 293 g/mol. The van der Waals surface area contributed by atoms with E-state index in [1.54, 1.807) is 6.33 Å². The summed E-state index contributed by atoms with van der Waals surface area (Å²) in [7, 11) is 0. The molecular weight excluding hydrogens is 274 g/mol. The fraction of sp³-hybridized carbons (Fsp3) is 0.353. The zero-order valence-corrected chi connectivity index (χ0v) is 12.5. The summed E-state index contributed by atoms with van der Waals surface area (Å²) >= 11 is 0. The molecule has 0 atom stereocenters. The second kappa shape index (κ2) is 5.75. The number of nitrogens with zero attached hydrogens (tertiary/aromatic N) is 4. The smallest absolute Gasteiger partial charge is 0.137 e. The van der Waals surface area contributed by atoms with Crippen LogP contribution in [0, 0.1) is 0 Å². The Hall–Kier alpha value is -2.43. The van der Waals surface area contributed by atoms with Gasteiger partial charge in [0.05, 0.1) is 11.2 Å². The number of fused-ring (bicyclic) bond motifs is 2. The number of nitrogens with one attached hydrogen (secondary N) is 1. The molecule has 0 amide bonds. The molecule has 0 radical (unpaired) electrons. The van der Waals surface area contributed by atoms with E-state index in [2.05, 4.69) is 26.0 Å². The fourth-order valence-corrected chi connectivity index (χ4v) is 3.05. The van der Waals surface area contributed by atoms with Gasteiger partial charge in [-0.2, -0.15) is 0 Å². The van der Waals surface area contributed by atoms with Gasteiger partial charge >= 0.3 is 0 Å². The molecule has 0 aliphatic carbocycles. The molecule has 1 N–H and O–H groups in total. The highest BCUT2D eigenvalue weighted by Crippen LogP contribution is 2.18. The Bertz CT molecular complexity index is 764. The van der Waals surface area contributed by atoms with E-state index < -0.39 is 0 Å². The van der Waals surface area contributed by atoms with Gasteiger partial charge in [-0.05, 0) is 25.0 Å². The summed E-state index contributed by atoms with van der Waals surface area (Å²) < 4.78 is 2.30. The van der Waals surface area contributed by atoms with E-state index in [-0.39, 0.29) is 0 Å². The van der Waals surface area contributed by atoms with Crippen molar-refractivity contribution in [1.82, 2.24) is 19.5 Å². The second-order valence-corrected chi connectivity index (χ2v) is 5.72. The van der Waals surface area contributed by atoms with Gasteiger partial charge in [0.25, 0.3) is 0 Å². The first-order chi connectivity index (χ1) is 10.9. The highest BCUT2D eigenvalue weighted by atomic mass is 15.1. The van der Waals surface area contributed by atoms with Gasteiger partial charge in [-0.1, -0.05) is 12.1 Å². The number of benzene rings is 1. The molecule has 0 fully saturated rings. The molecule has 0 unspecified atom stereocenters. The van der Waals surface area contributed by atoms with Crippen molar-refractivity contribution in [2.24, 2.45) is 0 Å². The molecule has 112 valence electrons. The van der Waals surface area contributed by atoms with Crippen molar-refractivity contribution in [3.8, 4) is 0 Å². The van der Waals surface area contributed by atoms with Crippen LogP contribution in [0.5, 0.6) is 0 Å². The zero-order valence-electron chi connectivity index (χ0n) is 12.5. The van der Waals surface area contributed by atoms with Gasteiger partial charge in [-0.25, -0.2) is 15.0 Å². The standard InChI is InChI=1S/C17H19N5/c1-2-6-15-14(5-1)17(20-12-19-15)18-9-8-13-11-22-10-4-3-7-16(22)21-13/h1-2,5-6,11-12H,3-4,7-10H2,(H,18,19,20). The van der Waals surface area contributed by atoms with Gasteiger partial charge in [0.2, 0.25) is 0 Å². The number of imidazole rings is 1. The first kappa shape index (κ1) is 13.2. The Morgan fingerprint density at radius 2 is 2.09 bits per heavy atom. The van der Waals surface area contributed by atoms with Gasteiger partial charge in [0.1, 0.15) is 18.0 Å². The van der Waals surface area contributed by atoms with Crippen LogP contribution in [0.25, 0.3) is 10.9 Å². The number of anilines is 1. The molecule has 0 bridgehead atoms. The van der Waals surface area contributed by atoms with Gasteiger partial charge in [-0.15, -0.1) is 0 Å². The Morgan fingerprint density at radius 1 is 1.14 bits per heavy atom. The maximum atomic E-state index is 4.73. The fourth-order valence-electron chi connectivity index (χ4n) is 3.05. The van der Waals surface area contributed by atoms with Gasteiger partial charge < -0.3 is 9.88 Å². The van der Waals surface area contributed by atoms with Crippen molar-refractivity contribution >= 4 is 16.7 Å². The summed E-state index contributed by atoms with van der Waals surface area (Å²) in [5.41, 5.74) is 2.14. The summed E-state index contributed by atoms with van der Waals surface area (Å²) in [6, 6.07) is 8.06. The molecular formula is C17H19N5. The van der Waals surface area contributed by atoms with E-state index in [0.29, 0.717) is 0 Å². The van der Waals surface area contributed by atoms with E-state index in [1.165, 1.54) is 24.4 Å². The van der Waals surface area contributed by atoms with E-state index in [1.807, 2.05) is 24.3 Å². The number of hydrogen-bond donors (Lipinski definition) is 1. The number of rotatable bonds is 4. The number of hydrogen-bond acceptors (Lipinski definition) is 4.